The Morgan fingerprint density at radius 3 is 2.67 bits per heavy atom. The Hall–Kier alpha value is -2.17. The number of aromatic nitrogens is 2. The van der Waals surface area contributed by atoms with E-state index in [0.717, 1.165) is 18.1 Å². The van der Waals surface area contributed by atoms with Gasteiger partial charge in [-0.15, -0.1) is 10.2 Å². The number of ketones is 1. The molecule has 2 aromatic heterocycles. The Labute approximate surface area is 104 Å². The number of hydrogen-bond donors (Lipinski definition) is 0. The van der Waals surface area contributed by atoms with Gasteiger partial charge in [-0.05, 0) is 31.2 Å². The summed E-state index contributed by atoms with van der Waals surface area (Å²) < 4.78 is 5.48. The fraction of sp³-hybridized carbons (Fsp3) is 0.308. The molecule has 1 aliphatic heterocycles. The van der Waals surface area contributed by atoms with Crippen LogP contribution in [0, 0.1) is 6.92 Å². The molecule has 5 heteroatoms. The van der Waals surface area contributed by atoms with Crippen molar-refractivity contribution in [2.45, 2.75) is 13.3 Å². The van der Waals surface area contributed by atoms with Crippen LogP contribution in [0.15, 0.2) is 28.7 Å². The van der Waals surface area contributed by atoms with Crippen molar-refractivity contribution in [3.63, 3.8) is 0 Å². The van der Waals surface area contributed by atoms with Crippen LogP contribution < -0.4 is 4.90 Å². The predicted octanol–water partition coefficient (Wildman–Crippen LogP) is 1.82. The highest BCUT2D eigenvalue weighted by Gasteiger charge is 2.20. The lowest BCUT2D eigenvalue weighted by atomic mass is 10.3. The number of furan rings is 1. The van der Waals surface area contributed by atoms with E-state index < -0.39 is 0 Å². The number of nitrogens with zero attached hydrogens (tertiary/aromatic N) is 3. The quantitative estimate of drug-likeness (QED) is 0.805. The summed E-state index contributed by atoms with van der Waals surface area (Å²) in [5.41, 5.74) is 0.706. The Balaban J connectivity index is 1.83. The number of carbonyl (C=O) groups is 1. The van der Waals surface area contributed by atoms with Gasteiger partial charge in [0.15, 0.2) is 17.4 Å². The van der Waals surface area contributed by atoms with Crippen molar-refractivity contribution in [2.75, 3.05) is 18.0 Å². The molecule has 0 N–H and O–H groups in total. The second kappa shape index (κ2) is 4.25. The first kappa shape index (κ1) is 11.0. The maximum Gasteiger partial charge on any atom is 0.154 e. The van der Waals surface area contributed by atoms with Gasteiger partial charge in [-0.2, -0.15) is 0 Å². The third-order valence-electron chi connectivity index (χ3n) is 3.00. The monoisotopic (exact) mass is 243 g/mol. The highest BCUT2D eigenvalue weighted by atomic mass is 16.3. The summed E-state index contributed by atoms with van der Waals surface area (Å²) in [6.07, 6.45) is 0.598. The van der Waals surface area contributed by atoms with Gasteiger partial charge in [0, 0.05) is 13.0 Å². The van der Waals surface area contributed by atoms with Crippen molar-refractivity contribution >= 4 is 11.6 Å². The van der Waals surface area contributed by atoms with Crippen molar-refractivity contribution in [3.8, 4) is 11.5 Å². The fourth-order valence-electron chi connectivity index (χ4n) is 2.02. The number of hydrogen-bond acceptors (Lipinski definition) is 5. The molecule has 1 saturated heterocycles. The molecule has 92 valence electrons. The molecule has 0 amide bonds. The molecule has 5 nitrogen and oxygen atoms in total. The number of anilines is 1. The molecule has 1 fully saturated rings. The molecule has 0 spiro atoms. The van der Waals surface area contributed by atoms with Crippen LogP contribution in [0.2, 0.25) is 0 Å². The Morgan fingerprint density at radius 2 is 2.11 bits per heavy atom. The van der Waals surface area contributed by atoms with E-state index in [-0.39, 0.29) is 5.78 Å². The van der Waals surface area contributed by atoms with Gasteiger partial charge in [0.05, 0.1) is 6.54 Å². The van der Waals surface area contributed by atoms with E-state index in [9.17, 15) is 4.79 Å². The average Bonchev–Trinajstić information content (AvgIpc) is 2.98. The van der Waals surface area contributed by atoms with Gasteiger partial charge in [-0.25, -0.2) is 0 Å². The molecule has 0 atom stereocenters. The summed E-state index contributed by atoms with van der Waals surface area (Å²) in [7, 11) is 0. The Kier molecular flexibility index (Phi) is 2.59. The predicted molar refractivity (Wildman–Crippen MR) is 66.3 cm³/mol. The van der Waals surface area contributed by atoms with Gasteiger partial charge in [-0.3, -0.25) is 4.79 Å². The molecule has 3 rings (SSSR count). The van der Waals surface area contributed by atoms with Gasteiger partial charge in [0.1, 0.15) is 11.5 Å². The van der Waals surface area contributed by atoms with Crippen LogP contribution in [-0.4, -0.2) is 29.1 Å². The Bertz CT molecular complexity index is 574. The second-order valence-corrected chi connectivity index (χ2v) is 4.40. The maximum atomic E-state index is 11.2. The van der Waals surface area contributed by atoms with Crippen molar-refractivity contribution in [2.24, 2.45) is 0 Å². The summed E-state index contributed by atoms with van der Waals surface area (Å²) in [6, 6.07) is 7.50. The lowest BCUT2D eigenvalue weighted by molar-refractivity contribution is -0.116. The number of rotatable bonds is 2. The molecule has 1 aliphatic rings. The molecule has 3 heterocycles. The SMILES string of the molecule is Cc1ccc(-c2ccc(N3CCC(=O)C3)nn2)o1. The van der Waals surface area contributed by atoms with Gasteiger partial charge < -0.3 is 9.32 Å². The van der Waals surface area contributed by atoms with E-state index in [1.54, 1.807) is 0 Å². The lowest BCUT2D eigenvalue weighted by Crippen LogP contribution is -2.20. The van der Waals surface area contributed by atoms with E-state index in [1.807, 2.05) is 36.1 Å². The zero-order chi connectivity index (χ0) is 12.5. The standard InChI is InChI=1S/C13H13N3O2/c1-9-2-4-12(18-9)11-3-5-13(15-14-11)16-7-6-10(17)8-16/h2-5H,6-8H2,1H3. The smallest absolute Gasteiger partial charge is 0.154 e. The highest BCUT2D eigenvalue weighted by Crippen LogP contribution is 2.21. The molecule has 2 aromatic rings. The van der Waals surface area contributed by atoms with Crippen molar-refractivity contribution < 1.29 is 9.21 Å². The largest absolute Gasteiger partial charge is 0.460 e. The van der Waals surface area contributed by atoms with Crippen LogP contribution in [0.25, 0.3) is 11.5 Å². The topological polar surface area (TPSA) is 59.2 Å². The minimum Gasteiger partial charge on any atom is -0.460 e. The van der Waals surface area contributed by atoms with Crippen LogP contribution in [0.5, 0.6) is 0 Å². The van der Waals surface area contributed by atoms with Gasteiger partial charge in [-0.1, -0.05) is 0 Å². The van der Waals surface area contributed by atoms with Crippen LogP contribution in [0.4, 0.5) is 5.82 Å². The van der Waals surface area contributed by atoms with E-state index >= 15 is 0 Å². The zero-order valence-electron chi connectivity index (χ0n) is 10.1. The van der Waals surface area contributed by atoms with E-state index in [2.05, 4.69) is 10.2 Å². The van der Waals surface area contributed by atoms with Crippen LogP contribution >= 0.6 is 0 Å². The lowest BCUT2D eigenvalue weighted by Gasteiger charge is -2.13. The molecule has 18 heavy (non-hydrogen) atoms. The molecular formula is C13H13N3O2. The minimum atomic E-state index is 0.252. The highest BCUT2D eigenvalue weighted by molar-refractivity contribution is 5.86. The number of carbonyl (C=O) groups excluding carboxylic acids is 1. The van der Waals surface area contributed by atoms with Crippen LogP contribution in [0.1, 0.15) is 12.2 Å². The average molecular weight is 243 g/mol. The Morgan fingerprint density at radius 1 is 1.22 bits per heavy atom. The normalized spacial score (nSPS) is 15.4. The maximum absolute atomic E-state index is 11.2. The summed E-state index contributed by atoms with van der Waals surface area (Å²) >= 11 is 0. The van der Waals surface area contributed by atoms with Gasteiger partial charge in [0.25, 0.3) is 0 Å². The first-order valence-corrected chi connectivity index (χ1v) is 5.89. The van der Waals surface area contributed by atoms with E-state index in [1.165, 1.54) is 0 Å². The molecular weight excluding hydrogens is 230 g/mol. The van der Waals surface area contributed by atoms with Crippen LogP contribution in [-0.2, 0) is 4.79 Å². The third-order valence-corrected chi connectivity index (χ3v) is 3.00. The first-order chi connectivity index (χ1) is 8.72. The van der Waals surface area contributed by atoms with Gasteiger partial charge >= 0.3 is 0 Å². The first-order valence-electron chi connectivity index (χ1n) is 5.89. The van der Waals surface area contributed by atoms with Gasteiger partial charge in [0.2, 0.25) is 0 Å². The summed E-state index contributed by atoms with van der Waals surface area (Å²) in [6.45, 7) is 3.06. The number of Topliss-reactive ketones (excluding diaryl/α,β-unsaturated/α-hetero) is 1. The molecule has 0 radical (unpaired) electrons. The molecule has 0 saturated carbocycles. The third kappa shape index (κ3) is 1.99. The minimum absolute atomic E-state index is 0.252. The summed E-state index contributed by atoms with van der Waals surface area (Å²) in [4.78, 5) is 13.2. The number of aryl methyl sites for hydroxylation is 1. The zero-order valence-corrected chi connectivity index (χ0v) is 10.1. The fourth-order valence-corrected chi connectivity index (χ4v) is 2.02. The van der Waals surface area contributed by atoms with Crippen molar-refractivity contribution in [3.05, 3.63) is 30.0 Å². The molecule has 0 unspecified atom stereocenters. The van der Waals surface area contributed by atoms with Crippen molar-refractivity contribution in [1.29, 1.82) is 0 Å². The summed E-state index contributed by atoms with van der Waals surface area (Å²) in [5, 5.41) is 8.28. The molecule has 0 bridgehead atoms. The van der Waals surface area contributed by atoms with E-state index in [0.29, 0.717) is 24.4 Å². The van der Waals surface area contributed by atoms with Crippen molar-refractivity contribution in [1.82, 2.24) is 10.2 Å². The summed E-state index contributed by atoms with van der Waals surface area (Å²) in [5.74, 6) is 2.56. The molecule has 0 aromatic carbocycles. The van der Waals surface area contributed by atoms with E-state index in [4.69, 9.17) is 4.42 Å². The van der Waals surface area contributed by atoms with Crippen LogP contribution in [0.3, 0.4) is 0 Å². The molecule has 0 aliphatic carbocycles. The second-order valence-electron chi connectivity index (χ2n) is 4.40.